The Morgan fingerprint density at radius 3 is 2.22 bits per heavy atom. The van der Waals surface area contributed by atoms with Gasteiger partial charge in [-0.1, -0.05) is 6.07 Å². The Bertz CT molecular complexity index is 1440. The second-order valence-electron chi connectivity index (χ2n) is 8.32. The summed E-state index contributed by atoms with van der Waals surface area (Å²) in [4.78, 5) is 26.4. The lowest BCUT2D eigenvalue weighted by atomic mass is 10.0. The topological polar surface area (TPSA) is 91.0 Å². The van der Waals surface area contributed by atoms with Gasteiger partial charge in [-0.3, -0.25) is 9.78 Å². The quantitative estimate of drug-likeness (QED) is 0.228. The Hall–Kier alpha value is -4.34. The van der Waals surface area contributed by atoms with Gasteiger partial charge >= 0.3 is 6.61 Å². The average Bonchev–Trinajstić information content (AvgIpc) is 2.83. The number of Topliss-reactive ketones (excluding diaryl/α,β-unsaturated/α-hetero) is 1. The summed E-state index contributed by atoms with van der Waals surface area (Å²) < 4.78 is 57.8. The van der Waals surface area contributed by atoms with Gasteiger partial charge in [-0.2, -0.15) is 8.78 Å². The fourth-order valence-corrected chi connectivity index (χ4v) is 3.98. The predicted molar refractivity (Wildman–Crippen MR) is 130 cm³/mol. The Balaban J connectivity index is 1.74. The second-order valence-corrected chi connectivity index (χ2v) is 8.32. The van der Waals surface area contributed by atoms with Crippen LogP contribution in [0, 0.1) is 25.5 Å². The highest BCUT2D eigenvalue weighted by atomic mass is 19.3. The number of rotatable bonds is 8. The van der Waals surface area contributed by atoms with Crippen LogP contribution in [0.4, 0.5) is 23.4 Å². The van der Waals surface area contributed by atoms with Crippen molar-refractivity contribution in [3.63, 3.8) is 0 Å². The number of nitrogens with zero attached hydrogens (tertiary/aromatic N) is 3. The van der Waals surface area contributed by atoms with Gasteiger partial charge < -0.3 is 10.5 Å². The first-order valence-corrected chi connectivity index (χ1v) is 11.3. The number of anilines is 1. The summed E-state index contributed by atoms with van der Waals surface area (Å²) in [5.74, 6) is -2.30. The standard InChI is InChI=1S/C27H22F4N4O2/c1-14-12-17(13-15(2)33-14)24-23(16-6-8-18(28)9-7-16)35-26(32)25(34-24)21(36)11-10-19-20(29)4-3-5-22(19)37-27(30)31/h3-9,12-13,27H,10-11H2,1-2H3,(H2,32,35). The van der Waals surface area contributed by atoms with Crippen LogP contribution in [0.5, 0.6) is 5.75 Å². The van der Waals surface area contributed by atoms with Crippen molar-refractivity contribution in [1.82, 2.24) is 15.0 Å². The van der Waals surface area contributed by atoms with Crippen molar-refractivity contribution >= 4 is 11.6 Å². The van der Waals surface area contributed by atoms with Crippen molar-refractivity contribution in [3.8, 4) is 28.3 Å². The van der Waals surface area contributed by atoms with Crippen molar-refractivity contribution in [2.75, 3.05) is 5.73 Å². The third-order valence-electron chi connectivity index (χ3n) is 5.55. The van der Waals surface area contributed by atoms with E-state index in [1.807, 2.05) is 0 Å². The van der Waals surface area contributed by atoms with E-state index in [4.69, 9.17) is 5.73 Å². The highest BCUT2D eigenvalue weighted by Crippen LogP contribution is 2.32. The molecule has 190 valence electrons. The first-order valence-electron chi connectivity index (χ1n) is 11.3. The molecule has 0 aliphatic carbocycles. The number of pyridine rings is 1. The zero-order chi connectivity index (χ0) is 26.7. The highest BCUT2D eigenvalue weighted by molar-refractivity contribution is 5.99. The molecule has 2 heterocycles. The van der Waals surface area contributed by atoms with Gasteiger partial charge in [-0.15, -0.1) is 0 Å². The Morgan fingerprint density at radius 2 is 1.57 bits per heavy atom. The van der Waals surface area contributed by atoms with Crippen molar-refractivity contribution in [2.45, 2.75) is 33.3 Å². The molecule has 10 heteroatoms. The minimum atomic E-state index is -3.15. The van der Waals surface area contributed by atoms with E-state index in [0.29, 0.717) is 33.9 Å². The summed E-state index contributed by atoms with van der Waals surface area (Å²) in [5.41, 5.74) is 9.02. The fraction of sp³-hybridized carbons (Fsp3) is 0.185. The van der Waals surface area contributed by atoms with Crippen LogP contribution in [0.25, 0.3) is 22.5 Å². The van der Waals surface area contributed by atoms with Crippen LogP contribution in [0.2, 0.25) is 0 Å². The molecule has 0 radical (unpaired) electrons. The first-order chi connectivity index (χ1) is 17.6. The number of hydrogen-bond donors (Lipinski definition) is 1. The van der Waals surface area contributed by atoms with Gasteiger partial charge in [0.2, 0.25) is 0 Å². The maximum atomic E-state index is 14.3. The molecule has 2 aromatic carbocycles. The van der Waals surface area contributed by atoms with Crippen LogP contribution in [-0.2, 0) is 6.42 Å². The van der Waals surface area contributed by atoms with Gasteiger partial charge in [0.1, 0.15) is 23.1 Å². The summed E-state index contributed by atoms with van der Waals surface area (Å²) in [7, 11) is 0. The molecule has 0 bridgehead atoms. The predicted octanol–water partition coefficient (Wildman–Crippen LogP) is 6.10. The number of carbonyl (C=O) groups is 1. The monoisotopic (exact) mass is 510 g/mol. The Labute approximate surface area is 210 Å². The molecule has 0 spiro atoms. The third kappa shape index (κ3) is 5.91. The lowest BCUT2D eigenvalue weighted by Gasteiger charge is -2.14. The van der Waals surface area contributed by atoms with Crippen LogP contribution < -0.4 is 10.5 Å². The van der Waals surface area contributed by atoms with E-state index < -0.39 is 24.0 Å². The van der Waals surface area contributed by atoms with Crippen molar-refractivity contribution in [3.05, 3.63) is 88.9 Å². The molecular weight excluding hydrogens is 488 g/mol. The molecule has 2 aromatic heterocycles. The molecule has 4 aromatic rings. The lowest BCUT2D eigenvalue weighted by molar-refractivity contribution is -0.0506. The second kappa shape index (κ2) is 10.7. The number of nitrogens with two attached hydrogens (primary N) is 1. The summed E-state index contributed by atoms with van der Waals surface area (Å²) in [5, 5.41) is 0. The number of aromatic nitrogens is 3. The molecule has 37 heavy (non-hydrogen) atoms. The van der Waals surface area contributed by atoms with E-state index in [1.54, 1.807) is 26.0 Å². The number of alkyl halides is 2. The number of halogens is 4. The third-order valence-corrected chi connectivity index (χ3v) is 5.55. The molecule has 0 amide bonds. The normalized spacial score (nSPS) is 11.1. The number of hydrogen-bond acceptors (Lipinski definition) is 6. The van der Waals surface area contributed by atoms with Crippen LogP contribution in [-0.4, -0.2) is 27.3 Å². The molecule has 0 aliphatic heterocycles. The molecule has 0 aliphatic rings. The Kier molecular flexibility index (Phi) is 7.47. The van der Waals surface area contributed by atoms with Gasteiger partial charge in [0.15, 0.2) is 11.6 Å². The van der Waals surface area contributed by atoms with Crippen molar-refractivity contribution < 1.29 is 27.1 Å². The zero-order valence-corrected chi connectivity index (χ0v) is 19.9. The van der Waals surface area contributed by atoms with Gasteiger partial charge in [-0.05, 0) is 68.8 Å². The molecule has 0 fully saturated rings. The smallest absolute Gasteiger partial charge is 0.387 e. The van der Waals surface area contributed by atoms with E-state index in [1.165, 1.54) is 36.4 Å². The van der Waals surface area contributed by atoms with Gasteiger partial charge in [0.05, 0.1) is 11.4 Å². The molecular formula is C27H22F4N4O2. The highest BCUT2D eigenvalue weighted by Gasteiger charge is 2.22. The minimum Gasteiger partial charge on any atom is -0.434 e. The number of benzene rings is 2. The van der Waals surface area contributed by atoms with E-state index in [0.717, 1.165) is 6.07 Å². The lowest BCUT2D eigenvalue weighted by Crippen LogP contribution is -2.13. The molecule has 2 N–H and O–H groups in total. The van der Waals surface area contributed by atoms with Crippen LogP contribution in [0.1, 0.15) is 33.9 Å². The van der Waals surface area contributed by atoms with Gasteiger partial charge in [-0.25, -0.2) is 18.7 Å². The Morgan fingerprint density at radius 1 is 0.919 bits per heavy atom. The van der Waals surface area contributed by atoms with Crippen LogP contribution in [0.15, 0.2) is 54.6 Å². The number of carbonyl (C=O) groups excluding carboxylic acids is 1. The molecule has 4 rings (SSSR count). The van der Waals surface area contributed by atoms with Crippen LogP contribution in [0.3, 0.4) is 0 Å². The van der Waals surface area contributed by atoms with Crippen molar-refractivity contribution in [1.29, 1.82) is 0 Å². The van der Waals surface area contributed by atoms with Crippen LogP contribution >= 0.6 is 0 Å². The molecule has 0 atom stereocenters. The van der Waals surface area contributed by atoms with E-state index in [9.17, 15) is 22.4 Å². The van der Waals surface area contributed by atoms with E-state index >= 15 is 0 Å². The summed E-state index contributed by atoms with van der Waals surface area (Å²) in [6.45, 7) is 0.461. The average molecular weight is 510 g/mol. The largest absolute Gasteiger partial charge is 0.434 e. The fourth-order valence-electron chi connectivity index (χ4n) is 3.98. The van der Waals surface area contributed by atoms with Crippen molar-refractivity contribution in [2.24, 2.45) is 0 Å². The maximum absolute atomic E-state index is 14.3. The molecule has 0 saturated carbocycles. The zero-order valence-electron chi connectivity index (χ0n) is 19.9. The molecule has 6 nitrogen and oxygen atoms in total. The van der Waals surface area contributed by atoms with Gasteiger partial charge in [0.25, 0.3) is 0 Å². The number of aryl methyl sites for hydroxylation is 2. The van der Waals surface area contributed by atoms with E-state index in [2.05, 4.69) is 19.7 Å². The number of nitrogen functional groups attached to an aromatic ring is 1. The minimum absolute atomic E-state index is 0.152. The van der Waals surface area contributed by atoms with E-state index in [-0.39, 0.29) is 35.7 Å². The summed E-state index contributed by atoms with van der Waals surface area (Å²) in [6.07, 6.45) is -0.514. The number of ketones is 1. The molecule has 0 unspecified atom stereocenters. The van der Waals surface area contributed by atoms with Gasteiger partial charge in [0, 0.05) is 34.5 Å². The first kappa shape index (κ1) is 25.7. The SMILES string of the molecule is Cc1cc(-c2nc(C(=O)CCc3c(F)cccc3OC(F)F)c(N)nc2-c2ccc(F)cc2)cc(C)n1. The summed E-state index contributed by atoms with van der Waals surface area (Å²) >= 11 is 0. The number of ether oxygens (including phenoxy) is 1. The summed E-state index contributed by atoms with van der Waals surface area (Å²) in [6, 6.07) is 12.6. The molecule has 0 saturated heterocycles. The maximum Gasteiger partial charge on any atom is 0.387 e.